The molecule has 0 atom stereocenters. The minimum Gasteiger partial charge on any atom is -0.459 e. The predicted octanol–water partition coefficient (Wildman–Crippen LogP) is 2.96. The summed E-state index contributed by atoms with van der Waals surface area (Å²) in [6, 6.07) is 7.00. The maximum Gasteiger partial charge on any atom is 0.283 e. The van der Waals surface area contributed by atoms with Crippen molar-refractivity contribution in [2.24, 2.45) is 0 Å². The molecule has 0 unspecified atom stereocenters. The van der Waals surface area contributed by atoms with Gasteiger partial charge in [0, 0.05) is 25.1 Å². The van der Waals surface area contributed by atoms with Gasteiger partial charge in [-0.3, -0.25) is 9.36 Å². The lowest BCUT2D eigenvalue weighted by Crippen LogP contribution is -2.31. The van der Waals surface area contributed by atoms with Gasteiger partial charge < -0.3 is 13.7 Å². The fourth-order valence-electron chi connectivity index (χ4n) is 2.75. The van der Waals surface area contributed by atoms with Gasteiger partial charge in [0.2, 0.25) is 5.89 Å². The van der Waals surface area contributed by atoms with E-state index in [0.717, 1.165) is 6.42 Å². The lowest BCUT2D eigenvalue weighted by molar-refractivity contribution is 0.0728. The van der Waals surface area contributed by atoms with Crippen LogP contribution in [-0.4, -0.2) is 42.1 Å². The Bertz CT molecular complexity index is 1020. The number of carbonyl (C=O) groups is 1. The molecule has 0 saturated heterocycles. The molecule has 0 saturated carbocycles. The molecule has 0 spiro atoms. The van der Waals surface area contributed by atoms with E-state index in [-0.39, 0.29) is 18.3 Å². The fourth-order valence-corrected chi connectivity index (χ4v) is 2.75. The Balaban J connectivity index is 1.50. The van der Waals surface area contributed by atoms with Crippen LogP contribution in [0.15, 0.2) is 64.3 Å². The molecule has 0 N–H and O–H groups in total. The summed E-state index contributed by atoms with van der Waals surface area (Å²) in [5.41, 5.74) is 0.489. The van der Waals surface area contributed by atoms with Crippen molar-refractivity contribution in [3.05, 3.63) is 66.9 Å². The molecular formula is C19H18N6O3. The number of amides is 1. The molecule has 9 nitrogen and oxygen atoms in total. The van der Waals surface area contributed by atoms with Crippen molar-refractivity contribution in [3.8, 4) is 17.5 Å². The molecule has 4 aromatic rings. The molecular weight excluding hydrogens is 360 g/mol. The lowest BCUT2D eigenvalue weighted by Gasteiger charge is -2.20. The predicted molar refractivity (Wildman–Crippen MR) is 98.4 cm³/mol. The fraction of sp³-hybridized carbons (Fsp3) is 0.211. The van der Waals surface area contributed by atoms with Gasteiger partial charge in [0.15, 0.2) is 5.76 Å². The maximum atomic E-state index is 12.9. The molecule has 1 amide bonds. The molecule has 0 radical (unpaired) electrons. The van der Waals surface area contributed by atoms with Crippen molar-refractivity contribution in [3.63, 3.8) is 0 Å². The molecule has 0 aromatic carbocycles. The van der Waals surface area contributed by atoms with Crippen molar-refractivity contribution in [2.75, 3.05) is 6.54 Å². The molecule has 0 aliphatic heterocycles. The smallest absolute Gasteiger partial charge is 0.283 e. The van der Waals surface area contributed by atoms with Crippen LogP contribution < -0.4 is 0 Å². The highest BCUT2D eigenvalue weighted by Gasteiger charge is 2.20. The summed E-state index contributed by atoms with van der Waals surface area (Å²) < 4.78 is 12.6. The van der Waals surface area contributed by atoms with Gasteiger partial charge in [-0.2, -0.15) is 0 Å². The Hall–Kier alpha value is -3.75. The van der Waals surface area contributed by atoms with Crippen molar-refractivity contribution in [1.82, 2.24) is 29.6 Å². The second kappa shape index (κ2) is 7.87. The average Bonchev–Trinajstić information content (AvgIpc) is 3.49. The maximum absolute atomic E-state index is 12.9. The van der Waals surface area contributed by atoms with E-state index in [4.69, 9.17) is 8.83 Å². The largest absolute Gasteiger partial charge is 0.459 e. The SMILES string of the molecule is CCCN(Cc1nnc(-c2ccco2)o1)C(=O)c1ccc(-n2ccnc2)nc1. The number of aromatic nitrogens is 5. The topological polar surface area (TPSA) is 103 Å². The molecule has 4 aromatic heterocycles. The third-order valence-corrected chi connectivity index (χ3v) is 4.07. The van der Waals surface area contributed by atoms with Gasteiger partial charge in [-0.05, 0) is 30.7 Å². The first-order valence-corrected chi connectivity index (χ1v) is 8.84. The number of hydrogen-bond donors (Lipinski definition) is 0. The van der Waals surface area contributed by atoms with Crippen molar-refractivity contribution >= 4 is 5.91 Å². The van der Waals surface area contributed by atoms with Crippen LogP contribution in [-0.2, 0) is 6.54 Å². The normalized spacial score (nSPS) is 10.9. The number of carbonyl (C=O) groups excluding carboxylic acids is 1. The molecule has 0 aliphatic carbocycles. The number of pyridine rings is 1. The van der Waals surface area contributed by atoms with Gasteiger partial charge in [0.25, 0.3) is 11.8 Å². The second-order valence-electron chi connectivity index (χ2n) is 6.08. The minimum atomic E-state index is -0.149. The van der Waals surface area contributed by atoms with E-state index in [9.17, 15) is 4.79 Å². The molecule has 9 heteroatoms. The molecule has 4 rings (SSSR count). The van der Waals surface area contributed by atoms with Crippen LogP contribution in [0.5, 0.6) is 0 Å². The van der Waals surface area contributed by atoms with Crippen LogP contribution in [0, 0.1) is 0 Å². The molecule has 0 bridgehead atoms. The average molecular weight is 378 g/mol. The molecule has 142 valence electrons. The van der Waals surface area contributed by atoms with E-state index < -0.39 is 0 Å². The van der Waals surface area contributed by atoms with E-state index in [2.05, 4.69) is 20.2 Å². The third-order valence-electron chi connectivity index (χ3n) is 4.07. The van der Waals surface area contributed by atoms with E-state index >= 15 is 0 Å². The van der Waals surface area contributed by atoms with Crippen molar-refractivity contribution in [2.45, 2.75) is 19.9 Å². The number of nitrogens with zero attached hydrogens (tertiary/aromatic N) is 6. The van der Waals surface area contributed by atoms with E-state index in [1.165, 1.54) is 6.26 Å². The van der Waals surface area contributed by atoms with Crippen LogP contribution in [0.4, 0.5) is 0 Å². The number of hydrogen-bond acceptors (Lipinski definition) is 7. The van der Waals surface area contributed by atoms with Crippen molar-refractivity contribution in [1.29, 1.82) is 0 Å². The van der Waals surface area contributed by atoms with Crippen LogP contribution in [0.1, 0.15) is 29.6 Å². The number of rotatable bonds is 7. The van der Waals surface area contributed by atoms with Crippen LogP contribution in [0.2, 0.25) is 0 Å². The van der Waals surface area contributed by atoms with Gasteiger partial charge in [-0.1, -0.05) is 6.92 Å². The first-order chi connectivity index (χ1) is 13.7. The zero-order chi connectivity index (χ0) is 19.3. The van der Waals surface area contributed by atoms with Gasteiger partial charge in [0.05, 0.1) is 18.4 Å². The zero-order valence-electron chi connectivity index (χ0n) is 15.2. The third kappa shape index (κ3) is 3.68. The number of imidazole rings is 1. The summed E-state index contributed by atoms with van der Waals surface area (Å²) in [7, 11) is 0. The van der Waals surface area contributed by atoms with Crippen LogP contribution in [0.3, 0.4) is 0 Å². The highest BCUT2D eigenvalue weighted by atomic mass is 16.4. The summed E-state index contributed by atoms with van der Waals surface area (Å²) in [4.78, 5) is 22.9. The monoisotopic (exact) mass is 378 g/mol. The standard InChI is InChI=1S/C19H18N6O3/c1-2-8-24(12-17-22-23-18(28-17)15-4-3-10-27-15)19(26)14-5-6-16(21-11-14)25-9-7-20-13-25/h3-7,9-11,13H,2,8,12H2,1H3. The Morgan fingerprint density at radius 2 is 2.18 bits per heavy atom. The Labute approximate surface area is 160 Å². The second-order valence-corrected chi connectivity index (χ2v) is 6.08. The summed E-state index contributed by atoms with van der Waals surface area (Å²) in [6.07, 6.45) is 9.00. The minimum absolute atomic E-state index is 0.149. The van der Waals surface area contributed by atoms with Gasteiger partial charge in [0.1, 0.15) is 12.1 Å². The highest BCUT2D eigenvalue weighted by molar-refractivity contribution is 5.93. The molecule has 0 fully saturated rings. The van der Waals surface area contributed by atoms with Gasteiger partial charge in [-0.15, -0.1) is 10.2 Å². The first kappa shape index (κ1) is 17.7. The Kier molecular flexibility index (Phi) is 4.96. The first-order valence-electron chi connectivity index (χ1n) is 8.84. The van der Waals surface area contributed by atoms with E-state index in [1.54, 1.807) is 58.7 Å². The molecule has 0 aliphatic rings. The summed E-state index contributed by atoms with van der Waals surface area (Å²) in [5.74, 6) is 1.67. The zero-order valence-corrected chi connectivity index (χ0v) is 15.2. The van der Waals surface area contributed by atoms with Crippen LogP contribution >= 0.6 is 0 Å². The molecule has 4 heterocycles. The van der Waals surface area contributed by atoms with Gasteiger partial charge >= 0.3 is 0 Å². The van der Waals surface area contributed by atoms with Gasteiger partial charge in [-0.25, -0.2) is 9.97 Å². The quantitative estimate of drug-likeness (QED) is 0.487. The Morgan fingerprint density at radius 1 is 1.25 bits per heavy atom. The highest BCUT2D eigenvalue weighted by Crippen LogP contribution is 2.19. The van der Waals surface area contributed by atoms with Crippen molar-refractivity contribution < 1.29 is 13.6 Å². The molecule has 28 heavy (non-hydrogen) atoms. The number of furan rings is 1. The summed E-state index contributed by atoms with van der Waals surface area (Å²) in [6.45, 7) is 2.77. The lowest BCUT2D eigenvalue weighted by atomic mass is 10.2. The van der Waals surface area contributed by atoms with E-state index in [1.807, 2.05) is 6.92 Å². The summed E-state index contributed by atoms with van der Waals surface area (Å²) in [5, 5.41) is 8.00. The van der Waals surface area contributed by atoms with E-state index in [0.29, 0.717) is 29.6 Å². The van der Waals surface area contributed by atoms with Crippen LogP contribution in [0.25, 0.3) is 17.5 Å². The Morgan fingerprint density at radius 3 is 2.86 bits per heavy atom. The summed E-state index contributed by atoms with van der Waals surface area (Å²) >= 11 is 0.